The molecule has 0 bridgehead atoms. The van der Waals surface area contributed by atoms with Crippen LogP contribution in [0.1, 0.15) is 42.9 Å². The molecule has 0 atom stereocenters. The first-order valence-corrected chi connectivity index (χ1v) is 12.7. The summed E-state index contributed by atoms with van der Waals surface area (Å²) in [4.78, 5) is 16.8. The van der Waals surface area contributed by atoms with Crippen molar-refractivity contribution in [3.63, 3.8) is 0 Å². The fourth-order valence-electron chi connectivity index (χ4n) is 3.79. The lowest BCUT2D eigenvalue weighted by Gasteiger charge is -2.20. The van der Waals surface area contributed by atoms with E-state index in [4.69, 9.17) is 19.6 Å². The maximum absolute atomic E-state index is 12.7. The van der Waals surface area contributed by atoms with Crippen molar-refractivity contribution in [1.82, 2.24) is 5.01 Å². The average molecular weight is 507 g/mol. The third-order valence-electron chi connectivity index (χ3n) is 5.67. The SMILES string of the molecule is CCCCC1=NN2C(=N)C(=Cc3ccc(OCCOc4ccc(C)cc4C)c(OC)c3)C(=O)N=C2S1. The number of aliphatic imine (C=N–C) groups is 1. The fraction of sp³-hybridized carbons (Fsp3) is 0.333. The van der Waals surface area contributed by atoms with E-state index in [-0.39, 0.29) is 11.4 Å². The van der Waals surface area contributed by atoms with Crippen LogP contribution in [0.2, 0.25) is 0 Å². The topological polar surface area (TPSA) is 96.6 Å². The van der Waals surface area contributed by atoms with Crippen LogP contribution in [0.5, 0.6) is 17.2 Å². The predicted octanol–water partition coefficient (Wildman–Crippen LogP) is 5.58. The molecule has 1 amide bonds. The number of hydrazone groups is 1. The number of ether oxygens (including phenoxy) is 3. The fourth-order valence-corrected chi connectivity index (χ4v) is 4.71. The molecule has 0 aliphatic carbocycles. The number of carbonyl (C=O) groups excluding carboxylic acids is 1. The number of unbranched alkanes of at least 4 members (excludes halogenated alkanes) is 1. The highest BCUT2D eigenvalue weighted by molar-refractivity contribution is 8.26. The second-order valence-electron chi connectivity index (χ2n) is 8.49. The second-order valence-corrected chi connectivity index (χ2v) is 9.53. The van der Waals surface area contributed by atoms with Gasteiger partial charge in [0, 0.05) is 0 Å². The van der Waals surface area contributed by atoms with E-state index in [1.165, 1.54) is 22.3 Å². The molecule has 0 saturated heterocycles. The number of rotatable bonds is 10. The van der Waals surface area contributed by atoms with E-state index >= 15 is 0 Å². The van der Waals surface area contributed by atoms with Crippen LogP contribution in [0.4, 0.5) is 0 Å². The molecule has 188 valence electrons. The van der Waals surface area contributed by atoms with Crippen molar-refractivity contribution in [2.75, 3.05) is 20.3 Å². The lowest BCUT2D eigenvalue weighted by atomic mass is 10.1. The van der Waals surface area contributed by atoms with Gasteiger partial charge in [0.05, 0.1) is 12.7 Å². The van der Waals surface area contributed by atoms with Crippen molar-refractivity contribution in [2.45, 2.75) is 40.0 Å². The Morgan fingerprint density at radius 2 is 1.81 bits per heavy atom. The Morgan fingerprint density at radius 1 is 1.06 bits per heavy atom. The van der Waals surface area contributed by atoms with Gasteiger partial charge in [-0.05, 0) is 73.9 Å². The number of amidine groups is 2. The van der Waals surface area contributed by atoms with Crippen LogP contribution in [-0.2, 0) is 4.79 Å². The molecule has 36 heavy (non-hydrogen) atoms. The van der Waals surface area contributed by atoms with Crippen molar-refractivity contribution in [1.29, 1.82) is 5.41 Å². The number of amides is 1. The van der Waals surface area contributed by atoms with Gasteiger partial charge in [-0.2, -0.15) is 15.1 Å². The highest BCUT2D eigenvalue weighted by Gasteiger charge is 2.35. The lowest BCUT2D eigenvalue weighted by molar-refractivity contribution is -0.114. The number of methoxy groups -OCH3 is 1. The maximum Gasteiger partial charge on any atom is 0.283 e. The highest BCUT2D eigenvalue weighted by Crippen LogP contribution is 2.32. The largest absolute Gasteiger partial charge is 0.493 e. The average Bonchev–Trinajstić information content (AvgIpc) is 3.27. The number of nitrogens with one attached hydrogen (secondary N) is 1. The van der Waals surface area contributed by atoms with E-state index < -0.39 is 5.91 Å². The molecule has 9 heteroatoms. The Balaban J connectivity index is 1.42. The first-order valence-electron chi connectivity index (χ1n) is 11.9. The molecule has 2 heterocycles. The van der Waals surface area contributed by atoms with Gasteiger partial charge in [0.1, 0.15) is 24.0 Å². The van der Waals surface area contributed by atoms with Gasteiger partial charge in [0.2, 0.25) is 5.17 Å². The molecule has 8 nitrogen and oxygen atoms in total. The zero-order valence-electron chi connectivity index (χ0n) is 21.0. The van der Waals surface area contributed by atoms with Crippen LogP contribution in [0, 0.1) is 19.3 Å². The van der Waals surface area contributed by atoms with Gasteiger partial charge < -0.3 is 14.2 Å². The van der Waals surface area contributed by atoms with E-state index in [1.807, 2.05) is 32.0 Å². The van der Waals surface area contributed by atoms with Gasteiger partial charge in [-0.25, -0.2) is 0 Å². The van der Waals surface area contributed by atoms with E-state index in [1.54, 1.807) is 25.3 Å². The maximum atomic E-state index is 12.7. The molecular formula is C27H30N4O4S. The van der Waals surface area contributed by atoms with Crippen molar-refractivity contribution < 1.29 is 19.0 Å². The number of thioether (sulfide) groups is 1. The summed E-state index contributed by atoms with van der Waals surface area (Å²) in [6, 6.07) is 11.4. The van der Waals surface area contributed by atoms with E-state index in [2.05, 4.69) is 23.1 Å². The minimum Gasteiger partial charge on any atom is -0.493 e. The van der Waals surface area contributed by atoms with Gasteiger partial charge in [-0.15, -0.1) is 0 Å². The molecule has 2 aromatic carbocycles. The van der Waals surface area contributed by atoms with Crippen molar-refractivity contribution in [3.05, 3.63) is 58.7 Å². The Labute approximate surface area is 215 Å². The molecule has 0 radical (unpaired) electrons. The second kappa shape index (κ2) is 11.4. The summed E-state index contributed by atoms with van der Waals surface area (Å²) in [5.74, 6) is 1.49. The summed E-state index contributed by atoms with van der Waals surface area (Å²) < 4.78 is 17.2. The number of hydrogen-bond donors (Lipinski definition) is 1. The summed E-state index contributed by atoms with van der Waals surface area (Å²) in [5.41, 5.74) is 3.15. The molecule has 4 rings (SSSR count). The van der Waals surface area contributed by atoms with Crippen molar-refractivity contribution in [3.8, 4) is 17.2 Å². The summed E-state index contributed by atoms with van der Waals surface area (Å²) in [6.07, 6.45) is 4.49. The number of carbonyl (C=O) groups is 1. The quantitative estimate of drug-likeness (QED) is 0.334. The molecule has 2 aliphatic heterocycles. The van der Waals surface area contributed by atoms with Crippen LogP contribution in [-0.4, -0.2) is 47.3 Å². The monoisotopic (exact) mass is 506 g/mol. The van der Waals surface area contributed by atoms with Gasteiger partial charge in [-0.1, -0.05) is 37.1 Å². The first kappa shape index (κ1) is 25.5. The van der Waals surface area contributed by atoms with Crippen LogP contribution < -0.4 is 14.2 Å². The van der Waals surface area contributed by atoms with E-state index in [9.17, 15) is 4.79 Å². The Bertz CT molecular complexity index is 1270. The minimum atomic E-state index is -0.450. The normalized spacial score (nSPS) is 16.1. The molecule has 0 unspecified atom stereocenters. The smallest absolute Gasteiger partial charge is 0.283 e. The zero-order valence-corrected chi connectivity index (χ0v) is 21.8. The zero-order chi connectivity index (χ0) is 25.7. The summed E-state index contributed by atoms with van der Waals surface area (Å²) in [7, 11) is 1.56. The highest BCUT2D eigenvalue weighted by atomic mass is 32.2. The van der Waals surface area contributed by atoms with Gasteiger partial charge >= 0.3 is 0 Å². The van der Waals surface area contributed by atoms with Gasteiger partial charge in [-0.3, -0.25) is 10.2 Å². The van der Waals surface area contributed by atoms with Crippen molar-refractivity contribution in [2.24, 2.45) is 10.1 Å². The third kappa shape index (κ3) is 5.79. The molecule has 0 spiro atoms. The van der Waals surface area contributed by atoms with Crippen molar-refractivity contribution >= 4 is 39.8 Å². The summed E-state index contributed by atoms with van der Waals surface area (Å²) in [6.45, 7) is 6.91. The molecule has 2 aliphatic rings. The van der Waals surface area contributed by atoms with Crippen LogP contribution >= 0.6 is 11.8 Å². The van der Waals surface area contributed by atoms with E-state index in [0.29, 0.717) is 35.4 Å². The van der Waals surface area contributed by atoms with Crippen LogP contribution in [0.25, 0.3) is 6.08 Å². The molecule has 1 N–H and O–H groups in total. The minimum absolute atomic E-state index is 0.0202. The van der Waals surface area contributed by atoms with Crippen LogP contribution in [0.15, 0.2) is 52.1 Å². The number of benzene rings is 2. The Hall–Kier alpha value is -3.59. The van der Waals surface area contributed by atoms with Gasteiger partial charge in [0.25, 0.3) is 5.91 Å². The Kier molecular flexibility index (Phi) is 8.10. The number of fused-ring (bicyclic) bond motifs is 1. The predicted molar refractivity (Wildman–Crippen MR) is 144 cm³/mol. The van der Waals surface area contributed by atoms with Gasteiger partial charge in [0.15, 0.2) is 17.3 Å². The summed E-state index contributed by atoms with van der Waals surface area (Å²) >= 11 is 1.36. The van der Waals surface area contributed by atoms with E-state index in [0.717, 1.165) is 35.6 Å². The molecule has 2 aromatic rings. The molecular weight excluding hydrogens is 476 g/mol. The number of aryl methyl sites for hydroxylation is 2. The Morgan fingerprint density at radius 3 is 2.53 bits per heavy atom. The first-order chi connectivity index (χ1) is 17.4. The lowest BCUT2D eigenvalue weighted by Crippen LogP contribution is -2.35. The van der Waals surface area contributed by atoms with Crippen LogP contribution in [0.3, 0.4) is 0 Å². The standard InChI is InChI=1S/C27H30N4O4S/c1-5-6-7-24-30-31-25(28)20(26(32)29-27(31)36-24)15-19-9-11-22(23(16-19)33-4)35-13-12-34-21-10-8-17(2)14-18(21)3/h8-11,14-16,28H,5-7,12-13H2,1-4H3. The number of hydrogen-bond acceptors (Lipinski definition) is 7. The molecule has 0 fully saturated rings. The third-order valence-corrected chi connectivity index (χ3v) is 6.64. The molecule has 0 aromatic heterocycles. The molecule has 0 saturated carbocycles. The summed E-state index contributed by atoms with van der Waals surface area (Å²) in [5, 5.41) is 15.8. The number of nitrogens with zero attached hydrogens (tertiary/aromatic N) is 3.